The molecule has 4 nitrogen and oxygen atoms in total. The number of amides is 1. The average Bonchev–Trinajstić information content (AvgIpc) is 2.93. The topological polar surface area (TPSA) is 66.4 Å². The number of hydrogen-bond acceptors (Lipinski definition) is 4. The van der Waals surface area contributed by atoms with Gasteiger partial charge in [-0.05, 0) is 23.6 Å². The van der Waals surface area contributed by atoms with E-state index in [1.54, 1.807) is 11.3 Å². The summed E-state index contributed by atoms with van der Waals surface area (Å²) in [5.41, 5.74) is 0.191. The largest absolute Gasteiger partial charge is 0.478 e. The maximum atomic E-state index is 11.9. The normalized spacial score (nSPS) is 10.4. The van der Waals surface area contributed by atoms with Gasteiger partial charge in [0.15, 0.2) is 0 Å². The molecular weight excluding hydrogens is 353 g/mol. The van der Waals surface area contributed by atoms with Crippen LogP contribution in [0.3, 0.4) is 0 Å². The molecule has 2 aromatic rings. The maximum absolute atomic E-state index is 11.9. The van der Waals surface area contributed by atoms with Crippen LogP contribution in [0.25, 0.3) is 0 Å². The summed E-state index contributed by atoms with van der Waals surface area (Å²) in [4.78, 5) is 22.7. The lowest BCUT2D eigenvalue weighted by Gasteiger charge is -2.10. The highest BCUT2D eigenvalue weighted by atomic mass is 35.5. The molecule has 2 N–H and O–H groups in total. The number of aromatic carboxylic acids is 1. The summed E-state index contributed by atoms with van der Waals surface area (Å²) in [5, 5.41) is 13.6. The summed E-state index contributed by atoms with van der Waals surface area (Å²) >= 11 is 14.9. The second-order valence-electron chi connectivity index (χ2n) is 3.89. The van der Waals surface area contributed by atoms with Crippen LogP contribution in [0.4, 0.5) is 5.69 Å². The smallest absolute Gasteiger partial charge is 0.335 e. The van der Waals surface area contributed by atoms with E-state index in [4.69, 9.17) is 28.3 Å². The van der Waals surface area contributed by atoms with Crippen LogP contribution in [0, 0.1) is 0 Å². The fourth-order valence-corrected chi connectivity index (χ4v) is 3.64. The lowest BCUT2D eigenvalue weighted by molar-refractivity contribution is -0.113. The predicted molar refractivity (Wildman–Crippen MR) is 87.1 cm³/mol. The van der Waals surface area contributed by atoms with Crippen molar-refractivity contribution < 1.29 is 14.7 Å². The van der Waals surface area contributed by atoms with Gasteiger partial charge in [0.05, 0.1) is 31.3 Å². The number of rotatable bonds is 5. The van der Waals surface area contributed by atoms with E-state index in [1.807, 2.05) is 17.5 Å². The summed E-state index contributed by atoms with van der Waals surface area (Å²) in [6.45, 7) is 0. The maximum Gasteiger partial charge on any atom is 0.335 e. The van der Waals surface area contributed by atoms with Crippen molar-refractivity contribution in [3.63, 3.8) is 0 Å². The summed E-state index contributed by atoms with van der Waals surface area (Å²) in [6, 6.07) is 6.32. The number of thioether (sulfide) groups is 1. The van der Waals surface area contributed by atoms with Gasteiger partial charge in [-0.25, -0.2) is 4.79 Å². The Bertz CT molecular complexity index is 651. The molecule has 0 radical (unpaired) electrons. The number of thiophene rings is 1. The van der Waals surface area contributed by atoms with Crippen LogP contribution >= 0.6 is 46.3 Å². The van der Waals surface area contributed by atoms with Gasteiger partial charge in [0.2, 0.25) is 5.91 Å². The third-order valence-electron chi connectivity index (χ3n) is 2.39. The minimum absolute atomic E-state index is 0.0315. The van der Waals surface area contributed by atoms with Crippen molar-refractivity contribution in [2.24, 2.45) is 0 Å². The number of benzene rings is 1. The first-order valence-electron chi connectivity index (χ1n) is 5.66. The van der Waals surface area contributed by atoms with Gasteiger partial charge >= 0.3 is 5.97 Å². The van der Waals surface area contributed by atoms with Crippen molar-refractivity contribution >= 4 is 63.9 Å². The Morgan fingerprint density at radius 3 is 2.48 bits per heavy atom. The van der Waals surface area contributed by atoms with E-state index in [1.165, 1.54) is 23.9 Å². The Hall–Kier alpha value is -1.21. The zero-order valence-corrected chi connectivity index (χ0v) is 13.6. The van der Waals surface area contributed by atoms with E-state index in [0.29, 0.717) is 0 Å². The summed E-state index contributed by atoms with van der Waals surface area (Å²) < 4.78 is 1.03. The highest BCUT2D eigenvalue weighted by Crippen LogP contribution is 2.32. The van der Waals surface area contributed by atoms with Crippen molar-refractivity contribution in [1.29, 1.82) is 0 Å². The summed E-state index contributed by atoms with van der Waals surface area (Å²) in [7, 11) is 0. The van der Waals surface area contributed by atoms with Gasteiger partial charge in [0.1, 0.15) is 0 Å². The first kappa shape index (κ1) is 16.2. The number of carboxylic acids is 1. The van der Waals surface area contributed by atoms with Crippen molar-refractivity contribution in [2.75, 3.05) is 11.1 Å². The van der Waals surface area contributed by atoms with Gasteiger partial charge in [-0.3, -0.25) is 4.79 Å². The predicted octanol–water partition coefficient (Wildman–Crippen LogP) is 4.48. The minimum atomic E-state index is -1.13. The van der Waals surface area contributed by atoms with Crippen LogP contribution in [0.1, 0.15) is 10.4 Å². The fraction of sp³-hybridized carbons (Fsp3) is 0.0769. The van der Waals surface area contributed by atoms with Crippen LogP contribution in [-0.2, 0) is 4.79 Å². The van der Waals surface area contributed by atoms with Crippen molar-refractivity contribution in [1.82, 2.24) is 0 Å². The molecule has 0 saturated carbocycles. The van der Waals surface area contributed by atoms with Crippen LogP contribution in [0.15, 0.2) is 33.9 Å². The van der Waals surface area contributed by atoms with E-state index < -0.39 is 5.97 Å². The molecule has 0 saturated heterocycles. The number of carboxylic acid groups (broad SMARTS) is 1. The Morgan fingerprint density at radius 2 is 1.95 bits per heavy atom. The van der Waals surface area contributed by atoms with Crippen LogP contribution in [0.5, 0.6) is 0 Å². The summed E-state index contributed by atoms with van der Waals surface area (Å²) in [5.74, 6) is -1.18. The Kier molecular flexibility index (Phi) is 5.52. The van der Waals surface area contributed by atoms with E-state index in [-0.39, 0.29) is 33.0 Å². The van der Waals surface area contributed by atoms with E-state index >= 15 is 0 Å². The molecule has 0 bridgehead atoms. The van der Waals surface area contributed by atoms with Crippen molar-refractivity contribution in [2.45, 2.75) is 4.21 Å². The van der Waals surface area contributed by atoms with E-state index in [0.717, 1.165) is 4.21 Å². The standard InChI is InChI=1S/C13H9Cl2NO3S2/c14-8-4-7(13(18)19)5-9(15)12(8)16-10(17)6-21-11-2-1-3-20-11/h1-5H,6H2,(H,16,17)(H,18,19). The molecule has 0 fully saturated rings. The molecule has 8 heteroatoms. The zero-order chi connectivity index (χ0) is 15.4. The van der Waals surface area contributed by atoms with Gasteiger partial charge in [0.25, 0.3) is 0 Å². The minimum Gasteiger partial charge on any atom is -0.478 e. The quantitative estimate of drug-likeness (QED) is 0.770. The molecule has 0 spiro atoms. The fourth-order valence-electron chi connectivity index (χ4n) is 1.47. The number of nitrogens with one attached hydrogen (secondary N) is 1. The van der Waals surface area contributed by atoms with E-state index in [2.05, 4.69) is 5.32 Å². The van der Waals surface area contributed by atoms with Gasteiger partial charge in [0, 0.05) is 0 Å². The second-order valence-corrected chi connectivity index (χ2v) is 6.93. The lowest BCUT2D eigenvalue weighted by atomic mass is 10.2. The van der Waals surface area contributed by atoms with Crippen LogP contribution in [-0.4, -0.2) is 22.7 Å². The Labute approximate surface area is 139 Å². The third kappa shape index (κ3) is 4.38. The van der Waals surface area contributed by atoms with Crippen molar-refractivity contribution in [3.8, 4) is 0 Å². The van der Waals surface area contributed by atoms with Gasteiger partial charge < -0.3 is 10.4 Å². The lowest BCUT2D eigenvalue weighted by Crippen LogP contribution is -2.15. The number of halogens is 2. The summed E-state index contributed by atoms with van der Waals surface area (Å²) in [6.07, 6.45) is 0. The number of carbonyl (C=O) groups excluding carboxylic acids is 1. The molecule has 0 aliphatic carbocycles. The molecule has 110 valence electrons. The molecule has 1 aromatic heterocycles. The molecule has 1 aromatic carbocycles. The molecule has 0 aliphatic rings. The number of hydrogen-bond donors (Lipinski definition) is 2. The van der Waals surface area contributed by atoms with Gasteiger partial charge in [-0.15, -0.1) is 23.1 Å². The van der Waals surface area contributed by atoms with Gasteiger partial charge in [-0.2, -0.15) is 0 Å². The zero-order valence-electron chi connectivity index (χ0n) is 10.4. The molecule has 1 amide bonds. The van der Waals surface area contributed by atoms with Crippen LogP contribution < -0.4 is 5.32 Å². The van der Waals surface area contributed by atoms with E-state index in [9.17, 15) is 9.59 Å². The Balaban J connectivity index is 2.05. The molecule has 1 heterocycles. The monoisotopic (exact) mass is 361 g/mol. The number of carbonyl (C=O) groups is 2. The molecular formula is C13H9Cl2NO3S2. The molecule has 0 atom stereocenters. The van der Waals surface area contributed by atoms with Crippen molar-refractivity contribution in [3.05, 3.63) is 45.3 Å². The molecule has 2 rings (SSSR count). The SMILES string of the molecule is O=C(CSc1cccs1)Nc1c(Cl)cc(C(=O)O)cc1Cl. The molecule has 0 unspecified atom stereocenters. The van der Waals surface area contributed by atoms with Crippen LogP contribution in [0.2, 0.25) is 10.0 Å². The number of anilines is 1. The molecule has 0 aliphatic heterocycles. The molecule has 21 heavy (non-hydrogen) atoms. The average molecular weight is 362 g/mol. The first-order valence-corrected chi connectivity index (χ1v) is 8.28. The highest BCUT2D eigenvalue weighted by Gasteiger charge is 2.14. The highest BCUT2D eigenvalue weighted by molar-refractivity contribution is 8.01. The Morgan fingerprint density at radius 1 is 1.29 bits per heavy atom. The third-order valence-corrected chi connectivity index (χ3v) is 5.12. The van der Waals surface area contributed by atoms with Gasteiger partial charge in [-0.1, -0.05) is 29.3 Å². The second kappa shape index (κ2) is 7.17. The first-order chi connectivity index (χ1) is 9.97.